The second-order valence-electron chi connectivity index (χ2n) is 5.63. The summed E-state index contributed by atoms with van der Waals surface area (Å²) in [5.41, 5.74) is 1.25. The van der Waals surface area contributed by atoms with E-state index >= 15 is 0 Å². The summed E-state index contributed by atoms with van der Waals surface area (Å²) in [5.74, 6) is -0.578. The predicted octanol–water partition coefficient (Wildman–Crippen LogP) is 4.22. The summed E-state index contributed by atoms with van der Waals surface area (Å²) in [4.78, 5) is 25.3. The molecular formula is C21H14O4. The van der Waals surface area contributed by atoms with Crippen LogP contribution in [0.5, 0.6) is 11.5 Å². The fourth-order valence-electron chi connectivity index (χ4n) is 2.76. The molecule has 0 saturated carbocycles. The molecule has 0 N–H and O–H groups in total. The van der Waals surface area contributed by atoms with Crippen molar-refractivity contribution in [3.05, 3.63) is 95.6 Å². The Labute approximate surface area is 144 Å². The topological polar surface area (TPSA) is 52.6 Å². The number of Topliss-reactive ketones (excluding diaryl/α,β-unsaturated/α-hetero) is 2. The summed E-state index contributed by atoms with van der Waals surface area (Å²) < 4.78 is 12.0. The standard InChI is InChI=1S/C21H14O4/c22-19-15-10-4-6-12-17(15)24-21(14-8-2-1-3-9-14)25-18-13-7-5-11-16(18)20(19)23/h1-13,21H. The van der Waals surface area contributed by atoms with Gasteiger partial charge in [-0.2, -0.15) is 0 Å². The first-order valence-electron chi connectivity index (χ1n) is 7.89. The Morgan fingerprint density at radius 3 is 1.52 bits per heavy atom. The maximum atomic E-state index is 12.7. The van der Waals surface area contributed by atoms with Crippen molar-refractivity contribution in [2.75, 3.05) is 0 Å². The van der Waals surface area contributed by atoms with Gasteiger partial charge in [0.25, 0.3) is 6.29 Å². The van der Waals surface area contributed by atoms with Gasteiger partial charge in [-0.25, -0.2) is 0 Å². The Hall–Kier alpha value is -3.40. The van der Waals surface area contributed by atoms with Crippen LogP contribution in [0.1, 0.15) is 32.6 Å². The second kappa shape index (κ2) is 6.24. The fourth-order valence-corrected chi connectivity index (χ4v) is 2.76. The second-order valence-corrected chi connectivity index (χ2v) is 5.63. The van der Waals surface area contributed by atoms with Crippen molar-refractivity contribution in [3.63, 3.8) is 0 Å². The molecule has 0 fully saturated rings. The molecule has 0 aromatic heterocycles. The zero-order chi connectivity index (χ0) is 17.2. The summed E-state index contributed by atoms with van der Waals surface area (Å²) >= 11 is 0. The van der Waals surface area contributed by atoms with Gasteiger partial charge in [-0.15, -0.1) is 0 Å². The number of carbonyl (C=O) groups excluding carboxylic acids is 2. The quantitative estimate of drug-likeness (QED) is 0.627. The molecule has 0 saturated heterocycles. The molecule has 1 aliphatic heterocycles. The monoisotopic (exact) mass is 330 g/mol. The smallest absolute Gasteiger partial charge is 0.267 e. The van der Waals surface area contributed by atoms with Crippen molar-refractivity contribution >= 4 is 11.6 Å². The zero-order valence-electron chi connectivity index (χ0n) is 13.2. The lowest BCUT2D eigenvalue weighted by Gasteiger charge is -2.21. The first-order valence-corrected chi connectivity index (χ1v) is 7.89. The molecule has 0 amide bonds. The Morgan fingerprint density at radius 1 is 0.560 bits per heavy atom. The number of ketones is 2. The van der Waals surface area contributed by atoms with Crippen molar-refractivity contribution in [1.29, 1.82) is 0 Å². The van der Waals surface area contributed by atoms with Crippen LogP contribution in [-0.2, 0) is 0 Å². The largest absolute Gasteiger partial charge is 0.450 e. The minimum atomic E-state index is -0.776. The number of hydrogen-bond acceptors (Lipinski definition) is 4. The molecule has 0 bridgehead atoms. The van der Waals surface area contributed by atoms with Crippen LogP contribution in [0, 0.1) is 0 Å². The van der Waals surface area contributed by atoms with Gasteiger partial charge in [0.2, 0.25) is 11.6 Å². The van der Waals surface area contributed by atoms with E-state index in [0.29, 0.717) is 11.5 Å². The van der Waals surface area contributed by atoms with Crippen molar-refractivity contribution < 1.29 is 19.1 Å². The third kappa shape index (κ3) is 2.78. The molecule has 1 aliphatic rings. The fraction of sp³-hybridized carbons (Fsp3) is 0.0476. The molecule has 25 heavy (non-hydrogen) atoms. The summed E-state index contributed by atoms with van der Waals surface area (Å²) in [7, 11) is 0. The van der Waals surface area contributed by atoms with Gasteiger partial charge in [0.1, 0.15) is 11.5 Å². The Kier molecular flexibility index (Phi) is 3.78. The highest BCUT2D eigenvalue weighted by Crippen LogP contribution is 2.33. The lowest BCUT2D eigenvalue weighted by atomic mass is 10.0. The maximum absolute atomic E-state index is 12.7. The van der Waals surface area contributed by atoms with Crippen LogP contribution >= 0.6 is 0 Å². The number of rotatable bonds is 1. The van der Waals surface area contributed by atoms with Crippen molar-refractivity contribution in [2.24, 2.45) is 0 Å². The SMILES string of the molecule is O=C1C(=O)c2ccccc2OC(c2ccccc2)Oc2ccccc21. The number of para-hydroxylation sites is 2. The Balaban J connectivity index is 1.90. The van der Waals surface area contributed by atoms with Crippen LogP contribution in [0.4, 0.5) is 0 Å². The molecule has 0 radical (unpaired) electrons. The van der Waals surface area contributed by atoms with Crippen LogP contribution in [0.3, 0.4) is 0 Å². The van der Waals surface area contributed by atoms with Gasteiger partial charge in [-0.3, -0.25) is 9.59 Å². The number of benzene rings is 3. The van der Waals surface area contributed by atoms with E-state index in [1.54, 1.807) is 48.5 Å². The average Bonchev–Trinajstić information content (AvgIpc) is 2.71. The van der Waals surface area contributed by atoms with Gasteiger partial charge in [0, 0.05) is 5.56 Å². The van der Waals surface area contributed by atoms with E-state index in [0.717, 1.165) is 5.56 Å². The van der Waals surface area contributed by atoms with Crippen LogP contribution < -0.4 is 9.47 Å². The molecule has 0 spiro atoms. The highest BCUT2D eigenvalue weighted by molar-refractivity contribution is 6.50. The molecule has 1 heterocycles. The molecule has 4 rings (SSSR count). The van der Waals surface area contributed by atoms with Crippen molar-refractivity contribution in [1.82, 2.24) is 0 Å². The van der Waals surface area contributed by atoms with E-state index in [2.05, 4.69) is 0 Å². The van der Waals surface area contributed by atoms with E-state index in [9.17, 15) is 9.59 Å². The zero-order valence-corrected chi connectivity index (χ0v) is 13.2. The first kappa shape index (κ1) is 15.1. The number of hydrogen-bond donors (Lipinski definition) is 0. The Bertz CT molecular complexity index is 887. The molecule has 3 aromatic carbocycles. The molecule has 0 unspecified atom stereocenters. The maximum Gasteiger partial charge on any atom is 0.267 e. The van der Waals surface area contributed by atoms with Crippen molar-refractivity contribution in [2.45, 2.75) is 6.29 Å². The lowest BCUT2D eigenvalue weighted by molar-refractivity contribution is 0.00345. The molecule has 4 nitrogen and oxygen atoms in total. The number of fused-ring (bicyclic) bond motifs is 2. The van der Waals surface area contributed by atoms with E-state index in [4.69, 9.17) is 9.47 Å². The van der Waals surface area contributed by atoms with E-state index < -0.39 is 17.9 Å². The summed E-state index contributed by atoms with van der Waals surface area (Å²) in [6.07, 6.45) is -0.776. The third-order valence-corrected chi connectivity index (χ3v) is 4.01. The summed E-state index contributed by atoms with van der Waals surface area (Å²) in [5, 5.41) is 0. The minimum absolute atomic E-state index is 0.230. The van der Waals surface area contributed by atoms with E-state index in [-0.39, 0.29) is 11.1 Å². The van der Waals surface area contributed by atoms with E-state index in [1.807, 2.05) is 30.3 Å². The Morgan fingerprint density at radius 2 is 1.00 bits per heavy atom. The van der Waals surface area contributed by atoms with Gasteiger partial charge >= 0.3 is 0 Å². The molecule has 122 valence electrons. The van der Waals surface area contributed by atoms with Gasteiger partial charge in [-0.1, -0.05) is 54.6 Å². The van der Waals surface area contributed by atoms with Crippen LogP contribution in [0.2, 0.25) is 0 Å². The average molecular weight is 330 g/mol. The predicted molar refractivity (Wildman–Crippen MR) is 92.0 cm³/mol. The van der Waals surface area contributed by atoms with Crippen molar-refractivity contribution in [3.8, 4) is 11.5 Å². The van der Waals surface area contributed by atoms with Gasteiger partial charge in [0.05, 0.1) is 11.1 Å². The normalized spacial score (nSPS) is 14.2. The van der Waals surface area contributed by atoms with Gasteiger partial charge in [-0.05, 0) is 24.3 Å². The van der Waals surface area contributed by atoms with Crippen LogP contribution in [-0.4, -0.2) is 11.6 Å². The molecule has 4 heteroatoms. The minimum Gasteiger partial charge on any atom is -0.450 e. The highest BCUT2D eigenvalue weighted by atomic mass is 16.7. The summed E-state index contributed by atoms with van der Waals surface area (Å²) in [6.45, 7) is 0. The molecule has 0 atom stereocenters. The lowest BCUT2D eigenvalue weighted by Crippen LogP contribution is -2.15. The highest BCUT2D eigenvalue weighted by Gasteiger charge is 2.29. The van der Waals surface area contributed by atoms with Crippen LogP contribution in [0.25, 0.3) is 0 Å². The molecular weight excluding hydrogens is 316 g/mol. The number of carbonyl (C=O) groups is 2. The van der Waals surface area contributed by atoms with Gasteiger partial charge in [0.15, 0.2) is 0 Å². The van der Waals surface area contributed by atoms with E-state index in [1.165, 1.54) is 0 Å². The molecule has 3 aromatic rings. The summed E-state index contributed by atoms with van der Waals surface area (Å²) in [6, 6.07) is 22.8. The third-order valence-electron chi connectivity index (χ3n) is 4.01. The van der Waals surface area contributed by atoms with Gasteiger partial charge < -0.3 is 9.47 Å². The molecule has 0 aliphatic carbocycles. The van der Waals surface area contributed by atoms with Crippen LogP contribution in [0.15, 0.2) is 78.9 Å². The number of ether oxygens (including phenoxy) is 2. The first-order chi connectivity index (χ1) is 12.2.